The molecular weight excluding hydrogens is 496 g/mol. The summed E-state index contributed by atoms with van der Waals surface area (Å²) in [5.41, 5.74) is 9.75. The molecule has 0 fully saturated rings. The van der Waals surface area contributed by atoms with Crippen molar-refractivity contribution in [1.29, 1.82) is 0 Å². The smallest absolute Gasteiger partial charge is 0.100 e. The summed E-state index contributed by atoms with van der Waals surface area (Å²) in [6.45, 7) is 0. The largest absolute Gasteiger partial charge is 0.299 e. The van der Waals surface area contributed by atoms with Crippen LogP contribution in [0.1, 0.15) is 23.5 Å². The van der Waals surface area contributed by atoms with Crippen molar-refractivity contribution in [3.63, 3.8) is 0 Å². The molecule has 2 heteroatoms. The first kappa shape index (κ1) is 23.7. The molecule has 1 unspecified atom stereocenters. The van der Waals surface area contributed by atoms with Crippen LogP contribution >= 0.6 is 0 Å². The van der Waals surface area contributed by atoms with Crippen molar-refractivity contribution in [2.24, 2.45) is 0 Å². The number of benzene rings is 6. The van der Waals surface area contributed by atoms with Crippen LogP contribution in [0.4, 0.5) is 0 Å². The zero-order chi connectivity index (χ0) is 27.2. The lowest BCUT2D eigenvalue weighted by atomic mass is 9.80. The van der Waals surface area contributed by atoms with Gasteiger partial charge in [-0.05, 0) is 80.1 Å². The van der Waals surface area contributed by atoms with Crippen LogP contribution in [0.15, 0.2) is 152 Å². The molecule has 0 N–H and O–H groups in total. The van der Waals surface area contributed by atoms with Crippen molar-refractivity contribution in [3.05, 3.63) is 163 Å². The molecule has 1 atom stereocenters. The third-order valence-corrected chi connectivity index (χ3v) is 8.44. The standard InChI is InChI=1S/C39H28N2/c1-2-10-27(11-3-1)28-18-20-29(21-19-28)38-32-12-4-6-14-34(32)39(35-15-7-5-13-33(35)38)30-22-24-31(25-23-30)41-26-40-36-16-8-9-17-37(36)41/h1-20,22-26,29H,21H2. The SMILES string of the molecule is C1=CC(c2c3ccccc3c(-c3ccc(-n4cnc5ccccc54)cc3)c3ccccc23)CC=C1c1ccccc1. The fraction of sp³-hybridized carbons (Fsp3) is 0.0513. The first-order valence-corrected chi connectivity index (χ1v) is 14.3. The van der Waals surface area contributed by atoms with Gasteiger partial charge in [0.2, 0.25) is 0 Å². The maximum Gasteiger partial charge on any atom is 0.100 e. The lowest BCUT2D eigenvalue weighted by Gasteiger charge is -2.23. The number of hydrogen-bond donors (Lipinski definition) is 0. The van der Waals surface area contributed by atoms with E-state index >= 15 is 0 Å². The van der Waals surface area contributed by atoms with Gasteiger partial charge in [-0.1, -0.05) is 121 Å². The van der Waals surface area contributed by atoms with Gasteiger partial charge in [-0.15, -0.1) is 0 Å². The van der Waals surface area contributed by atoms with Crippen LogP contribution in [-0.4, -0.2) is 9.55 Å². The van der Waals surface area contributed by atoms with Crippen molar-refractivity contribution in [2.45, 2.75) is 12.3 Å². The molecule has 6 aromatic carbocycles. The number of hydrogen-bond acceptors (Lipinski definition) is 1. The van der Waals surface area contributed by atoms with E-state index < -0.39 is 0 Å². The van der Waals surface area contributed by atoms with Crippen LogP contribution < -0.4 is 0 Å². The zero-order valence-corrected chi connectivity index (χ0v) is 22.6. The number of rotatable bonds is 4. The summed E-state index contributed by atoms with van der Waals surface area (Å²) in [6, 6.07) is 45.7. The molecule has 8 rings (SSSR count). The second-order valence-electron chi connectivity index (χ2n) is 10.8. The first-order valence-electron chi connectivity index (χ1n) is 14.3. The lowest BCUT2D eigenvalue weighted by Crippen LogP contribution is -2.02. The van der Waals surface area contributed by atoms with E-state index in [-0.39, 0.29) is 0 Å². The van der Waals surface area contributed by atoms with E-state index in [1.165, 1.54) is 49.4 Å². The Bertz CT molecular complexity index is 2050. The third-order valence-electron chi connectivity index (χ3n) is 8.44. The van der Waals surface area contributed by atoms with Gasteiger partial charge in [-0.25, -0.2) is 4.98 Å². The summed E-state index contributed by atoms with van der Waals surface area (Å²) >= 11 is 0. The minimum atomic E-state index is 0.322. The minimum Gasteiger partial charge on any atom is -0.299 e. The molecule has 2 nitrogen and oxygen atoms in total. The summed E-state index contributed by atoms with van der Waals surface area (Å²) in [4.78, 5) is 4.59. The Balaban J connectivity index is 1.26. The van der Waals surface area contributed by atoms with Gasteiger partial charge in [0.25, 0.3) is 0 Å². The molecule has 0 amide bonds. The van der Waals surface area contributed by atoms with E-state index in [1.807, 2.05) is 12.4 Å². The van der Waals surface area contributed by atoms with Gasteiger partial charge in [0, 0.05) is 11.6 Å². The summed E-state index contributed by atoms with van der Waals surface area (Å²) in [7, 11) is 0. The summed E-state index contributed by atoms with van der Waals surface area (Å²) in [6.07, 6.45) is 10.0. The molecule has 0 radical (unpaired) electrons. The van der Waals surface area contributed by atoms with E-state index in [0.717, 1.165) is 23.1 Å². The average Bonchev–Trinajstić information content (AvgIpc) is 3.49. The van der Waals surface area contributed by atoms with Crippen LogP contribution in [0.5, 0.6) is 0 Å². The highest BCUT2D eigenvalue weighted by Crippen LogP contribution is 2.44. The fourth-order valence-corrected chi connectivity index (χ4v) is 6.51. The molecule has 194 valence electrons. The number of nitrogens with zero attached hydrogens (tertiary/aromatic N) is 2. The second kappa shape index (κ2) is 9.76. The molecular formula is C39H28N2. The fourth-order valence-electron chi connectivity index (χ4n) is 6.51. The van der Waals surface area contributed by atoms with Crippen molar-refractivity contribution < 1.29 is 0 Å². The second-order valence-corrected chi connectivity index (χ2v) is 10.8. The summed E-state index contributed by atoms with van der Waals surface area (Å²) in [5, 5.41) is 5.26. The predicted molar refractivity (Wildman–Crippen MR) is 172 cm³/mol. The Morgan fingerprint density at radius 3 is 1.90 bits per heavy atom. The molecule has 41 heavy (non-hydrogen) atoms. The molecule has 1 aliphatic rings. The van der Waals surface area contributed by atoms with Crippen LogP contribution in [-0.2, 0) is 0 Å². The van der Waals surface area contributed by atoms with Gasteiger partial charge >= 0.3 is 0 Å². The van der Waals surface area contributed by atoms with E-state index in [2.05, 4.69) is 149 Å². The maximum absolute atomic E-state index is 4.59. The first-order chi connectivity index (χ1) is 20.3. The van der Waals surface area contributed by atoms with Crippen molar-refractivity contribution in [1.82, 2.24) is 9.55 Å². The van der Waals surface area contributed by atoms with E-state index in [9.17, 15) is 0 Å². The van der Waals surface area contributed by atoms with Gasteiger partial charge in [0.05, 0.1) is 11.0 Å². The van der Waals surface area contributed by atoms with Gasteiger partial charge in [0.1, 0.15) is 6.33 Å². The maximum atomic E-state index is 4.59. The van der Waals surface area contributed by atoms with E-state index in [4.69, 9.17) is 0 Å². The lowest BCUT2D eigenvalue weighted by molar-refractivity contribution is 0.873. The molecule has 1 heterocycles. The highest BCUT2D eigenvalue weighted by atomic mass is 15.0. The minimum absolute atomic E-state index is 0.322. The van der Waals surface area contributed by atoms with Gasteiger partial charge in [0.15, 0.2) is 0 Å². The van der Waals surface area contributed by atoms with Gasteiger partial charge in [-0.3, -0.25) is 4.57 Å². The molecule has 0 bridgehead atoms. The number of imidazole rings is 1. The van der Waals surface area contributed by atoms with Crippen LogP contribution in [0.2, 0.25) is 0 Å². The van der Waals surface area contributed by atoms with Crippen molar-refractivity contribution in [2.75, 3.05) is 0 Å². The highest BCUT2D eigenvalue weighted by Gasteiger charge is 2.21. The Hall–Kier alpha value is -5.21. The molecule has 7 aromatic rings. The van der Waals surface area contributed by atoms with E-state index in [0.29, 0.717) is 5.92 Å². The Labute approximate surface area is 239 Å². The Morgan fingerprint density at radius 2 is 1.22 bits per heavy atom. The number of para-hydroxylation sites is 2. The molecule has 0 saturated heterocycles. The van der Waals surface area contributed by atoms with Crippen molar-refractivity contribution >= 4 is 38.2 Å². The topological polar surface area (TPSA) is 17.8 Å². The Morgan fingerprint density at radius 1 is 0.585 bits per heavy atom. The molecule has 1 aromatic heterocycles. The molecule has 0 aliphatic heterocycles. The van der Waals surface area contributed by atoms with E-state index in [1.54, 1.807) is 0 Å². The van der Waals surface area contributed by atoms with Gasteiger partial charge < -0.3 is 0 Å². The summed E-state index contributed by atoms with van der Waals surface area (Å²) < 4.78 is 2.16. The number of fused-ring (bicyclic) bond motifs is 3. The number of aromatic nitrogens is 2. The van der Waals surface area contributed by atoms with Crippen LogP contribution in [0, 0.1) is 0 Å². The number of allylic oxidation sites excluding steroid dienone is 4. The summed E-state index contributed by atoms with van der Waals surface area (Å²) in [5.74, 6) is 0.322. The average molecular weight is 525 g/mol. The molecule has 0 saturated carbocycles. The monoisotopic (exact) mass is 524 g/mol. The zero-order valence-electron chi connectivity index (χ0n) is 22.6. The third kappa shape index (κ3) is 3.99. The van der Waals surface area contributed by atoms with Gasteiger partial charge in [-0.2, -0.15) is 0 Å². The molecule has 1 aliphatic carbocycles. The highest BCUT2D eigenvalue weighted by molar-refractivity contribution is 6.15. The predicted octanol–water partition coefficient (Wildman–Crippen LogP) is 10.1. The van der Waals surface area contributed by atoms with Crippen LogP contribution in [0.25, 0.3) is 55.0 Å². The molecule has 0 spiro atoms. The Kier molecular flexibility index (Phi) is 5.63. The quantitative estimate of drug-likeness (QED) is 0.209. The van der Waals surface area contributed by atoms with Crippen molar-refractivity contribution in [3.8, 4) is 16.8 Å². The normalized spacial score (nSPS) is 15.0. The van der Waals surface area contributed by atoms with Crippen LogP contribution in [0.3, 0.4) is 0 Å².